The van der Waals surface area contributed by atoms with Crippen LogP contribution in [0.3, 0.4) is 0 Å². The predicted molar refractivity (Wildman–Crippen MR) is 109 cm³/mol. The smallest absolute Gasteiger partial charge is 0.270 e. The molecular weight excluding hydrogens is 352 g/mol. The normalized spacial score (nSPS) is 15.0. The third-order valence-electron chi connectivity index (χ3n) is 5.32. The van der Waals surface area contributed by atoms with Crippen LogP contribution in [0, 0.1) is 19.8 Å². The van der Waals surface area contributed by atoms with Crippen LogP contribution in [0.5, 0.6) is 0 Å². The largest absolute Gasteiger partial charge is 0.351 e. The van der Waals surface area contributed by atoms with Gasteiger partial charge in [0.2, 0.25) is 5.91 Å². The van der Waals surface area contributed by atoms with E-state index in [1.54, 1.807) is 6.20 Å². The molecular formula is C22H24N4O2. The second-order valence-corrected chi connectivity index (χ2v) is 7.55. The number of carbonyl (C=O) groups excluding carboxylic acids is 2. The van der Waals surface area contributed by atoms with Gasteiger partial charge in [0.05, 0.1) is 0 Å². The van der Waals surface area contributed by atoms with Gasteiger partial charge in [-0.15, -0.1) is 0 Å². The highest BCUT2D eigenvalue weighted by molar-refractivity contribution is 5.98. The lowest BCUT2D eigenvalue weighted by Crippen LogP contribution is -2.41. The lowest BCUT2D eigenvalue weighted by atomic mass is 9.95. The Balaban J connectivity index is 1.36. The van der Waals surface area contributed by atoms with Gasteiger partial charge >= 0.3 is 0 Å². The van der Waals surface area contributed by atoms with E-state index in [1.807, 2.05) is 55.1 Å². The minimum Gasteiger partial charge on any atom is -0.351 e. The minimum atomic E-state index is -0.0995. The Labute approximate surface area is 164 Å². The summed E-state index contributed by atoms with van der Waals surface area (Å²) in [5.41, 5.74) is 3.79. The van der Waals surface area contributed by atoms with Crippen molar-refractivity contribution in [3.63, 3.8) is 0 Å². The summed E-state index contributed by atoms with van der Waals surface area (Å²) in [6, 6.07) is 11.7. The number of hydrogen-bond donors (Lipinski definition) is 2. The quantitative estimate of drug-likeness (QED) is 0.732. The van der Waals surface area contributed by atoms with Crippen LogP contribution in [0.1, 0.15) is 34.5 Å². The molecule has 1 saturated heterocycles. The van der Waals surface area contributed by atoms with Gasteiger partial charge in [0.1, 0.15) is 11.5 Å². The highest BCUT2D eigenvalue weighted by atomic mass is 16.2. The van der Waals surface area contributed by atoms with Crippen molar-refractivity contribution in [2.45, 2.75) is 26.7 Å². The van der Waals surface area contributed by atoms with Crippen LogP contribution in [0.2, 0.25) is 0 Å². The fraction of sp³-hybridized carbons (Fsp3) is 0.318. The Morgan fingerprint density at radius 1 is 1.07 bits per heavy atom. The number of likely N-dealkylation sites (tertiary alicyclic amines) is 1. The van der Waals surface area contributed by atoms with Crippen LogP contribution in [0.15, 0.2) is 42.6 Å². The molecule has 2 aromatic heterocycles. The molecule has 2 amide bonds. The molecule has 0 radical (unpaired) electrons. The van der Waals surface area contributed by atoms with Gasteiger partial charge < -0.3 is 15.2 Å². The van der Waals surface area contributed by atoms with Crippen molar-refractivity contribution in [3.05, 3.63) is 59.4 Å². The molecule has 6 heteroatoms. The predicted octanol–water partition coefficient (Wildman–Crippen LogP) is 3.67. The maximum absolute atomic E-state index is 12.8. The zero-order valence-corrected chi connectivity index (χ0v) is 16.2. The number of benzene rings is 1. The third kappa shape index (κ3) is 3.76. The fourth-order valence-electron chi connectivity index (χ4n) is 3.64. The van der Waals surface area contributed by atoms with Crippen LogP contribution in [0.4, 0.5) is 5.82 Å². The van der Waals surface area contributed by atoms with Gasteiger partial charge in [-0.05, 0) is 56.0 Å². The molecule has 1 aromatic carbocycles. The van der Waals surface area contributed by atoms with Gasteiger partial charge in [-0.2, -0.15) is 0 Å². The highest BCUT2D eigenvalue weighted by Gasteiger charge is 2.28. The SMILES string of the molecule is Cc1ccc(NC(=O)C2CCN(C(=O)c3cc4ccc(C)cc4[nH]3)CC2)nc1. The van der Waals surface area contributed by atoms with E-state index < -0.39 is 0 Å². The molecule has 6 nitrogen and oxygen atoms in total. The number of piperidine rings is 1. The summed E-state index contributed by atoms with van der Waals surface area (Å²) in [7, 11) is 0. The number of rotatable bonds is 3. The molecule has 28 heavy (non-hydrogen) atoms. The van der Waals surface area contributed by atoms with E-state index in [0.717, 1.165) is 22.0 Å². The number of H-pyrrole nitrogens is 1. The van der Waals surface area contributed by atoms with Gasteiger partial charge in [0.15, 0.2) is 0 Å². The van der Waals surface area contributed by atoms with Gasteiger partial charge in [0, 0.05) is 36.1 Å². The topological polar surface area (TPSA) is 78.1 Å². The Kier molecular flexibility index (Phi) is 4.86. The average Bonchev–Trinajstić information content (AvgIpc) is 3.12. The van der Waals surface area contributed by atoms with Crippen molar-refractivity contribution in [1.29, 1.82) is 0 Å². The molecule has 2 N–H and O–H groups in total. The van der Waals surface area contributed by atoms with Gasteiger partial charge in [0.25, 0.3) is 5.91 Å². The average molecular weight is 376 g/mol. The molecule has 0 spiro atoms. The second-order valence-electron chi connectivity index (χ2n) is 7.55. The number of pyridine rings is 1. The summed E-state index contributed by atoms with van der Waals surface area (Å²) < 4.78 is 0. The molecule has 3 aromatic rings. The summed E-state index contributed by atoms with van der Waals surface area (Å²) in [5, 5.41) is 3.91. The van der Waals surface area contributed by atoms with E-state index in [0.29, 0.717) is 37.4 Å². The standard InChI is InChI=1S/C22H24N4O2/c1-14-3-5-17-12-19(24-18(17)11-14)22(28)26-9-7-16(8-10-26)21(27)25-20-6-4-15(2)13-23-20/h3-6,11-13,16,24H,7-10H2,1-2H3,(H,23,25,27). The summed E-state index contributed by atoms with van der Waals surface area (Å²) in [6.45, 7) is 5.14. The van der Waals surface area contributed by atoms with Crippen LogP contribution in [0.25, 0.3) is 10.9 Å². The summed E-state index contributed by atoms with van der Waals surface area (Å²) >= 11 is 0. The first-order valence-corrected chi connectivity index (χ1v) is 9.62. The lowest BCUT2D eigenvalue weighted by molar-refractivity contribution is -0.121. The van der Waals surface area contributed by atoms with E-state index in [1.165, 1.54) is 0 Å². The van der Waals surface area contributed by atoms with Crippen molar-refractivity contribution < 1.29 is 9.59 Å². The second kappa shape index (κ2) is 7.46. The number of aryl methyl sites for hydroxylation is 2. The Hall–Kier alpha value is -3.15. The van der Waals surface area contributed by atoms with Crippen molar-refractivity contribution in [2.75, 3.05) is 18.4 Å². The Bertz CT molecular complexity index is 1010. The Morgan fingerprint density at radius 2 is 1.82 bits per heavy atom. The highest BCUT2D eigenvalue weighted by Crippen LogP contribution is 2.23. The van der Waals surface area contributed by atoms with E-state index >= 15 is 0 Å². The van der Waals surface area contributed by atoms with Crippen molar-refractivity contribution in [3.8, 4) is 0 Å². The van der Waals surface area contributed by atoms with Crippen LogP contribution < -0.4 is 5.32 Å². The number of fused-ring (bicyclic) bond motifs is 1. The third-order valence-corrected chi connectivity index (χ3v) is 5.32. The lowest BCUT2D eigenvalue weighted by Gasteiger charge is -2.31. The van der Waals surface area contributed by atoms with Crippen LogP contribution >= 0.6 is 0 Å². The number of aromatic nitrogens is 2. The molecule has 3 heterocycles. The van der Waals surface area contributed by atoms with E-state index in [4.69, 9.17) is 0 Å². The van der Waals surface area contributed by atoms with Crippen molar-refractivity contribution in [2.24, 2.45) is 5.92 Å². The minimum absolute atomic E-state index is 0.00656. The number of anilines is 1. The van der Waals surface area contributed by atoms with Gasteiger partial charge in [-0.25, -0.2) is 4.98 Å². The zero-order valence-electron chi connectivity index (χ0n) is 16.2. The molecule has 0 saturated carbocycles. The molecule has 1 aliphatic heterocycles. The maximum atomic E-state index is 12.8. The van der Waals surface area contributed by atoms with Gasteiger partial charge in [-0.1, -0.05) is 18.2 Å². The van der Waals surface area contributed by atoms with Crippen LogP contribution in [-0.2, 0) is 4.79 Å². The van der Waals surface area contributed by atoms with Crippen LogP contribution in [-0.4, -0.2) is 39.8 Å². The number of nitrogens with zero attached hydrogens (tertiary/aromatic N) is 2. The number of hydrogen-bond acceptors (Lipinski definition) is 3. The molecule has 144 valence electrons. The number of carbonyl (C=O) groups is 2. The van der Waals surface area contributed by atoms with E-state index in [9.17, 15) is 9.59 Å². The fourth-order valence-corrected chi connectivity index (χ4v) is 3.64. The number of nitrogens with one attached hydrogen (secondary N) is 2. The first-order chi connectivity index (χ1) is 13.5. The molecule has 1 aliphatic rings. The zero-order chi connectivity index (χ0) is 19.7. The number of amides is 2. The van der Waals surface area contributed by atoms with Crippen molar-refractivity contribution >= 4 is 28.5 Å². The van der Waals surface area contributed by atoms with E-state index in [2.05, 4.69) is 15.3 Å². The Morgan fingerprint density at radius 3 is 2.54 bits per heavy atom. The monoisotopic (exact) mass is 376 g/mol. The molecule has 0 bridgehead atoms. The molecule has 4 rings (SSSR count). The van der Waals surface area contributed by atoms with E-state index in [-0.39, 0.29) is 17.7 Å². The van der Waals surface area contributed by atoms with Gasteiger partial charge in [-0.3, -0.25) is 9.59 Å². The summed E-state index contributed by atoms with van der Waals surface area (Å²) in [6.07, 6.45) is 3.05. The number of aromatic amines is 1. The first-order valence-electron chi connectivity index (χ1n) is 9.62. The molecule has 0 unspecified atom stereocenters. The maximum Gasteiger partial charge on any atom is 0.270 e. The molecule has 0 aliphatic carbocycles. The first kappa shape index (κ1) is 18.2. The summed E-state index contributed by atoms with van der Waals surface area (Å²) in [5.74, 6) is 0.442. The van der Waals surface area contributed by atoms with Crippen molar-refractivity contribution in [1.82, 2.24) is 14.9 Å². The molecule has 0 atom stereocenters. The molecule has 1 fully saturated rings. The summed E-state index contributed by atoms with van der Waals surface area (Å²) in [4.78, 5) is 34.6.